The van der Waals surface area contributed by atoms with E-state index in [9.17, 15) is 28.2 Å². The standard InChI is InChI=1S/C17H20N2O6S/c1-10(2)9-12(16(20)21)15(17(22)23)19-26(24,25)14-8-7-11-5-3-4-6-13(11)18-14/h3-8,10,12,15,19H,9H2,1-2H3,(H,20,21)(H,22,23)/t12-,15+/m1/s1. The molecule has 0 bridgehead atoms. The lowest BCUT2D eigenvalue weighted by molar-refractivity contribution is -0.151. The van der Waals surface area contributed by atoms with Gasteiger partial charge >= 0.3 is 11.9 Å². The highest BCUT2D eigenvalue weighted by Gasteiger charge is 2.37. The summed E-state index contributed by atoms with van der Waals surface area (Å²) in [5.41, 5.74) is 0.430. The molecule has 0 aliphatic rings. The van der Waals surface area contributed by atoms with Crippen LogP contribution < -0.4 is 4.72 Å². The number of nitrogens with one attached hydrogen (secondary N) is 1. The van der Waals surface area contributed by atoms with Crippen LogP contribution in [0.4, 0.5) is 0 Å². The number of aliphatic carboxylic acids is 2. The molecule has 9 heteroatoms. The van der Waals surface area contributed by atoms with Gasteiger partial charge in [-0.1, -0.05) is 32.0 Å². The number of para-hydroxylation sites is 1. The van der Waals surface area contributed by atoms with Gasteiger partial charge in [0, 0.05) is 5.39 Å². The van der Waals surface area contributed by atoms with Crippen LogP contribution in [-0.4, -0.2) is 41.6 Å². The van der Waals surface area contributed by atoms with Gasteiger partial charge in [0.25, 0.3) is 10.0 Å². The molecule has 2 aromatic rings. The third-order valence-electron chi connectivity index (χ3n) is 3.84. The molecule has 0 radical (unpaired) electrons. The average molecular weight is 380 g/mol. The maximum absolute atomic E-state index is 12.6. The molecule has 1 heterocycles. The Bertz CT molecular complexity index is 926. The lowest BCUT2D eigenvalue weighted by atomic mass is 9.91. The molecule has 0 fully saturated rings. The van der Waals surface area contributed by atoms with E-state index in [0.29, 0.717) is 5.52 Å². The summed E-state index contributed by atoms with van der Waals surface area (Å²) in [5, 5.41) is 19.1. The zero-order chi connectivity index (χ0) is 19.5. The van der Waals surface area contributed by atoms with Crippen LogP contribution in [0.1, 0.15) is 20.3 Å². The largest absolute Gasteiger partial charge is 0.481 e. The maximum atomic E-state index is 12.6. The Morgan fingerprint density at radius 3 is 2.31 bits per heavy atom. The smallest absolute Gasteiger partial charge is 0.322 e. The molecule has 140 valence electrons. The molecular formula is C17H20N2O6S. The minimum absolute atomic E-state index is 0.0139. The average Bonchev–Trinajstić information content (AvgIpc) is 2.56. The summed E-state index contributed by atoms with van der Waals surface area (Å²) in [4.78, 5) is 27.0. The highest BCUT2D eigenvalue weighted by Crippen LogP contribution is 2.20. The third-order valence-corrected chi connectivity index (χ3v) is 5.18. The summed E-state index contributed by atoms with van der Waals surface area (Å²) in [6, 6.07) is 7.87. The maximum Gasteiger partial charge on any atom is 0.322 e. The fourth-order valence-electron chi connectivity index (χ4n) is 2.62. The summed E-state index contributed by atoms with van der Waals surface area (Å²) < 4.78 is 27.1. The number of aromatic nitrogens is 1. The molecule has 0 saturated heterocycles. The number of nitrogens with zero attached hydrogens (tertiary/aromatic N) is 1. The Morgan fingerprint density at radius 2 is 1.73 bits per heavy atom. The molecule has 26 heavy (non-hydrogen) atoms. The van der Waals surface area contributed by atoms with Crippen LogP contribution in [0.5, 0.6) is 0 Å². The Hall–Kier alpha value is -2.52. The van der Waals surface area contributed by atoms with Crippen molar-refractivity contribution >= 4 is 32.9 Å². The molecule has 2 atom stereocenters. The minimum Gasteiger partial charge on any atom is -0.481 e. The van der Waals surface area contributed by atoms with Crippen LogP contribution in [0, 0.1) is 11.8 Å². The highest BCUT2D eigenvalue weighted by molar-refractivity contribution is 7.89. The molecule has 0 aliphatic carbocycles. The van der Waals surface area contributed by atoms with Crippen LogP contribution in [0.3, 0.4) is 0 Å². The van der Waals surface area contributed by atoms with Crippen LogP contribution in [-0.2, 0) is 19.6 Å². The lowest BCUT2D eigenvalue weighted by Gasteiger charge is -2.22. The van der Waals surface area contributed by atoms with E-state index in [1.807, 2.05) is 4.72 Å². The van der Waals surface area contributed by atoms with Crippen molar-refractivity contribution in [2.24, 2.45) is 11.8 Å². The van der Waals surface area contributed by atoms with Crippen molar-refractivity contribution in [1.82, 2.24) is 9.71 Å². The van der Waals surface area contributed by atoms with E-state index < -0.39 is 33.9 Å². The highest BCUT2D eigenvalue weighted by atomic mass is 32.2. The number of rotatable bonds is 8. The number of hydrogen-bond donors (Lipinski definition) is 3. The predicted molar refractivity (Wildman–Crippen MR) is 94.1 cm³/mol. The fourth-order valence-corrected chi connectivity index (χ4v) is 3.80. The second kappa shape index (κ2) is 7.79. The van der Waals surface area contributed by atoms with Crippen molar-refractivity contribution < 1.29 is 28.2 Å². The van der Waals surface area contributed by atoms with Crippen molar-refractivity contribution in [2.75, 3.05) is 0 Å². The number of pyridine rings is 1. The molecule has 3 N–H and O–H groups in total. The van der Waals surface area contributed by atoms with E-state index >= 15 is 0 Å². The SMILES string of the molecule is CC(C)C[C@@H](C(=O)O)[C@H](NS(=O)(=O)c1ccc2ccccc2n1)C(=O)O. The molecule has 0 unspecified atom stereocenters. The van der Waals surface area contributed by atoms with E-state index in [1.165, 1.54) is 6.07 Å². The zero-order valence-electron chi connectivity index (χ0n) is 14.3. The van der Waals surface area contributed by atoms with Crippen LogP contribution in [0.25, 0.3) is 10.9 Å². The molecule has 1 aromatic heterocycles. The van der Waals surface area contributed by atoms with Gasteiger partial charge in [0.05, 0.1) is 11.4 Å². The summed E-state index contributed by atoms with van der Waals surface area (Å²) in [6.07, 6.45) is 0.0139. The summed E-state index contributed by atoms with van der Waals surface area (Å²) in [6.45, 7) is 3.46. The first-order chi connectivity index (χ1) is 12.1. The number of carboxylic acids is 2. The van der Waals surface area contributed by atoms with Crippen molar-refractivity contribution in [3.05, 3.63) is 36.4 Å². The second-order valence-corrected chi connectivity index (χ2v) is 8.01. The number of sulfonamides is 1. The van der Waals surface area contributed by atoms with E-state index in [4.69, 9.17) is 0 Å². The van der Waals surface area contributed by atoms with Crippen molar-refractivity contribution in [3.63, 3.8) is 0 Å². The van der Waals surface area contributed by atoms with Gasteiger partial charge in [-0.25, -0.2) is 13.4 Å². The first kappa shape index (κ1) is 19.8. The van der Waals surface area contributed by atoms with E-state index in [2.05, 4.69) is 4.98 Å². The van der Waals surface area contributed by atoms with Gasteiger partial charge in [0.2, 0.25) is 0 Å². The van der Waals surface area contributed by atoms with Crippen molar-refractivity contribution in [2.45, 2.75) is 31.3 Å². The molecule has 0 amide bonds. The number of carbonyl (C=O) groups is 2. The molecule has 0 spiro atoms. The van der Waals surface area contributed by atoms with Crippen LogP contribution in [0.15, 0.2) is 41.4 Å². The van der Waals surface area contributed by atoms with Gasteiger partial charge in [-0.2, -0.15) is 4.72 Å². The zero-order valence-corrected chi connectivity index (χ0v) is 15.1. The Labute approximate surface area is 150 Å². The molecule has 0 aliphatic heterocycles. The summed E-state index contributed by atoms with van der Waals surface area (Å²) >= 11 is 0. The molecular weight excluding hydrogens is 360 g/mol. The molecule has 2 rings (SSSR count). The molecule has 8 nitrogen and oxygen atoms in total. The van der Waals surface area contributed by atoms with E-state index in [-0.39, 0.29) is 17.4 Å². The number of carboxylic acid groups (broad SMARTS) is 2. The first-order valence-corrected chi connectivity index (χ1v) is 9.44. The van der Waals surface area contributed by atoms with Crippen LogP contribution in [0.2, 0.25) is 0 Å². The Morgan fingerprint density at radius 1 is 1.08 bits per heavy atom. The van der Waals surface area contributed by atoms with Gasteiger partial charge in [0.1, 0.15) is 6.04 Å². The minimum atomic E-state index is -4.32. The Balaban J connectivity index is 2.38. The number of fused-ring (bicyclic) bond motifs is 1. The molecule has 1 aromatic carbocycles. The van der Waals surface area contributed by atoms with Crippen LogP contribution >= 0.6 is 0 Å². The third kappa shape index (κ3) is 4.55. The fraction of sp³-hybridized carbons (Fsp3) is 0.353. The monoisotopic (exact) mass is 380 g/mol. The van der Waals surface area contributed by atoms with Crippen molar-refractivity contribution in [1.29, 1.82) is 0 Å². The second-order valence-electron chi connectivity index (χ2n) is 6.35. The Kier molecular flexibility index (Phi) is 5.94. The van der Waals surface area contributed by atoms with Gasteiger partial charge in [-0.05, 0) is 30.5 Å². The first-order valence-electron chi connectivity index (χ1n) is 7.95. The molecule has 0 saturated carbocycles. The number of hydrogen-bond acceptors (Lipinski definition) is 5. The van der Waals surface area contributed by atoms with E-state index in [1.54, 1.807) is 44.2 Å². The number of benzene rings is 1. The summed E-state index contributed by atoms with van der Waals surface area (Å²) in [5.74, 6) is -4.45. The van der Waals surface area contributed by atoms with Gasteiger partial charge < -0.3 is 10.2 Å². The van der Waals surface area contributed by atoms with Gasteiger partial charge in [0.15, 0.2) is 5.03 Å². The van der Waals surface area contributed by atoms with E-state index in [0.717, 1.165) is 5.39 Å². The van der Waals surface area contributed by atoms with Gasteiger partial charge in [-0.15, -0.1) is 0 Å². The van der Waals surface area contributed by atoms with Crippen molar-refractivity contribution in [3.8, 4) is 0 Å². The topological polar surface area (TPSA) is 134 Å². The quantitative estimate of drug-likeness (QED) is 0.635. The normalized spacial score (nSPS) is 14.3. The lowest BCUT2D eigenvalue weighted by Crippen LogP contribution is -2.49. The predicted octanol–water partition coefficient (Wildman–Crippen LogP) is 1.71. The van der Waals surface area contributed by atoms with Gasteiger partial charge in [-0.3, -0.25) is 9.59 Å². The summed E-state index contributed by atoms with van der Waals surface area (Å²) in [7, 11) is -4.32.